The molecule has 0 spiro atoms. The van der Waals surface area contributed by atoms with Crippen LogP contribution in [0.2, 0.25) is 5.02 Å². The first-order valence-corrected chi connectivity index (χ1v) is 2.35. The van der Waals surface area contributed by atoms with Crippen molar-refractivity contribution in [1.82, 2.24) is 4.98 Å². The van der Waals surface area contributed by atoms with Crippen LogP contribution in [0.4, 0.5) is 4.39 Å². The largest absolute Gasteiger partial charge is 0.251 e. The van der Waals surface area contributed by atoms with Gasteiger partial charge in [0.05, 0.1) is 17.4 Å². The molecule has 0 fully saturated rings. The first kappa shape index (κ1) is 5.51. The molecule has 1 nitrogen and oxygen atoms in total. The van der Waals surface area contributed by atoms with Crippen molar-refractivity contribution in [3.05, 3.63) is 29.3 Å². The van der Waals surface area contributed by atoms with Crippen LogP contribution in [0.15, 0.2) is 12.3 Å². The van der Waals surface area contributed by atoms with Crippen LogP contribution >= 0.6 is 11.6 Å². The number of halogens is 2. The van der Waals surface area contributed by atoms with Crippen molar-refractivity contribution in [3.63, 3.8) is 0 Å². The summed E-state index contributed by atoms with van der Waals surface area (Å²) in [7, 11) is 0. The number of rotatable bonds is 0. The smallest absolute Gasteiger partial charge is 0.160 e. The van der Waals surface area contributed by atoms with Gasteiger partial charge in [0.2, 0.25) is 0 Å². The molecule has 1 aromatic rings. The van der Waals surface area contributed by atoms with Gasteiger partial charge in [0, 0.05) is 0 Å². The van der Waals surface area contributed by atoms with E-state index in [0.29, 0.717) is 0 Å². The second-order valence-electron chi connectivity index (χ2n) is 1.23. The lowest BCUT2D eigenvalue weighted by atomic mass is 10.5. The van der Waals surface area contributed by atoms with E-state index in [9.17, 15) is 4.39 Å². The predicted octanol–water partition coefficient (Wildman–Crippen LogP) is 1.67. The Hall–Kier alpha value is -0.630. The van der Waals surface area contributed by atoms with Crippen LogP contribution < -0.4 is 0 Å². The Bertz CT molecular complexity index is 169. The van der Waals surface area contributed by atoms with Crippen molar-refractivity contribution in [1.29, 1.82) is 0 Å². The third kappa shape index (κ3) is 0.954. The molecule has 0 aliphatic rings. The molecule has 3 heteroatoms. The SMILES string of the molecule is Fc1cn[c]cc1Cl. The molecule has 8 heavy (non-hydrogen) atoms. The normalized spacial score (nSPS) is 9.25. The van der Waals surface area contributed by atoms with Crippen molar-refractivity contribution in [2.24, 2.45) is 0 Å². The third-order valence-corrected chi connectivity index (χ3v) is 0.962. The fourth-order valence-electron chi connectivity index (χ4n) is 0.318. The van der Waals surface area contributed by atoms with Crippen LogP contribution in [-0.2, 0) is 0 Å². The van der Waals surface area contributed by atoms with Gasteiger partial charge < -0.3 is 0 Å². The van der Waals surface area contributed by atoms with Gasteiger partial charge in [-0.3, -0.25) is 4.98 Å². The zero-order valence-electron chi connectivity index (χ0n) is 3.86. The monoisotopic (exact) mass is 130 g/mol. The van der Waals surface area contributed by atoms with Gasteiger partial charge in [0.15, 0.2) is 5.82 Å². The van der Waals surface area contributed by atoms with Gasteiger partial charge in [-0.05, 0) is 6.07 Å². The molecule has 0 unspecified atom stereocenters. The maximum Gasteiger partial charge on any atom is 0.160 e. The minimum Gasteiger partial charge on any atom is -0.251 e. The van der Waals surface area contributed by atoms with Gasteiger partial charge in [0.25, 0.3) is 0 Å². The minimum atomic E-state index is -0.509. The van der Waals surface area contributed by atoms with Gasteiger partial charge in [-0.25, -0.2) is 4.39 Å². The number of pyridine rings is 1. The third-order valence-electron chi connectivity index (χ3n) is 0.672. The molecule has 0 aliphatic heterocycles. The number of hydrogen-bond donors (Lipinski definition) is 0. The summed E-state index contributed by atoms with van der Waals surface area (Å²) in [6, 6.07) is 1.27. The zero-order chi connectivity index (χ0) is 5.98. The summed E-state index contributed by atoms with van der Waals surface area (Å²) in [5.41, 5.74) is 0. The Kier molecular flexibility index (Phi) is 1.44. The van der Waals surface area contributed by atoms with Crippen molar-refractivity contribution < 1.29 is 4.39 Å². The topological polar surface area (TPSA) is 12.9 Å². The average Bonchev–Trinajstić information content (AvgIpc) is 1.77. The first-order chi connectivity index (χ1) is 3.80. The van der Waals surface area contributed by atoms with E-state index in [1.54, 1.807) is 0 Å². The summed E-state index contributed by atoms with van der Waals surface area (Å²) in [5.74, 6) is -0.509. The fraction of sp³-hybridized carbons (Fsp3) is 0. The molecule has 0 aromatic carbocycles. The van der Waals surface area contributed by atoms with Crippen LogP contribution in [0.25, 0.3) is 0 Å². The summed E-state index contributed by atoms with van der Waals surface area (Å²) in [6.07, 6.45) is 3.40. The maximum absolute atomic E-state index is 12.1. The molecule has 0 N–H and O–H groups in total. The van der Waals surface area contributed by atoms with Gasteiger partial charge >= 0.3 is 0 Å². The summed E-state index contributed by atoms with van der Waals surface area (Å²) >= 11 is 5.26. The van der Waals surface area contributed by atoms with Crippen LogP contribution in [0.5, 0.6) is 0 Å². The van der Waals surface area contributed by atoms with Crippen LogP contribution in [-0.4, -0.2) is 4.98 Å². The molecule has 0 atom stereocenters. The summed E-state index contributed by atoms with van der Waals surface area (Å²) in [5, 5.41) is 0.0556. The molecular weight excluding hydrogens is 129 g/mol. The Morgan fingerprint density at radius 3 is 2.88 bits per heavy atom. The van der Waals surface area contributed by atoms with Crippen molar-refractivity contribution in [2.45, 2.75) is 0 Å². The van der Waals surface area contributed by atoms with Gasteiger partial charge in [0.1, 0.15) is 0 Å². The highest BCUT2D eigenvalue weighted by Crippen LogP contribution is 2.09. The van der Waals surface area contributed by atoms with Crippen LogP contribution in [0.1, 0.15) is 0 Å². The highest BCUT2D eigenvalue weighted by molar-refractivity contribution is 6.30. The van der Waals surface area contributed by atoms with Gasteiger partial charge in [-0.15, -0.1) is 0 Å². The first-order valence-electron chi connectivity index (χ1n) is 1.98. The Morgan fingerprint density at radius 1 is 1.75 bits per heavy atom. The van der Waals surface area contributed by atoms with Crippen LogP contribution in [0, 0.1) is 12.0 Å². The summed E-state index contributed by atoms with van der Waals surface area (Å²) in [4.78, 5) is 3.36. The molecule has 0 saturated carbocycles. The molecule has 0 amide bonds. The van der Waals surface area contributed by atoms with E-state index in [0.717, 1.165) is 6.20 Å². The number of nitrogens with zero attached hydrogens (tertiary/aromatic N) is 1. The quantitative estimate of drug-likeness (QED) is 0.521. The van der Waals surface area contributed by atoms with E-state index in [1.165, 1.54) is 6.07 Å². The van der Waals surface area contributed by atoms with E-state index in [4.69, 9.17) is 11.6 Å². The molecule has 1 radical (unpaired) electrons. The van der Waals surface area contributed by atoms with Crippen molar-refractivity contribution in [3.8, 4) is 0 Å². The standard InChI is InChI=1S/C5H2ClFN/c6-4-1-2-8-3-5(4)7/h1,3H. The Labute approximate surface area is 51.1 Å². The Morgan fingerprint density at radius 2 is 2.50 bits per heavy atom. The van der Waals surface area contributed by atoms with E-state index < -0.39 is 5.82 Å². The van der Waals surface area contributed by atoms with Gasteiger partial charge in [-0.2, -0.15) is 0 Å². The molecule has 0 saturated heterocycles. The second-order valence-corrected chi connectivity index (χ2v) is 1.63. The summed E-state index contributed by atoms with van der Waals surface area (Å²) in [6.45, 7) is 0. The molecular formula is C5H2ClFN. The average molecular weight is 131 g/mol. The molecule has 41 valence electrons. The Balaban J connectivity index is 3.13. The highest BCUT2D eigenvalue weighted by Gasteiger charge is 1.93. The number of hydrogen-bond acceptors (Lipinski definition) is 1. The fourth-order valence-corrected chi connectivity index (χ4v) is 0.416. The van der Waals surface area contributed by atoms with Crippen molar-refractivity contribution in [2.75, 3.05) is 0 Å². The predicted molar refractivity (Wildman–Crippen MR) is 28.0 cm³/mol. The van der Waals surface area contributed by atoms with Crippen LogP contribution in [0.3, 0.4) is 0 Å². The minimum absolute atomic E-state index is 0.0556. The summed E-state index contributed by atoms with van der Waals surface area (Å²) < 4.78 is 12.1. The lowest BCUT2D eigenvalue weighted by Gasteiger charge is -1.85. The van der Waals surface area contributed by atoms with E-state index >= 15 is 0 Å². The molecule has 1 aromatic heterocycles. The molecule has 1 heterocycles. The zero-order valence-corrected chi connectivity index (χ0v) is 4.61. The second kappa shape index (κ2) is 2.09. The number of aromatic nitrogens is 1. The molecule has 0 bridgehead atoms. The lowest BCUT2D eigenvalue weighted by Crippen LogP contribution is -1.76. The molecule has 1 rings (SSSR count). The van der Waals surface area contributed by atoms with E-state index in [2.05, 4.69) is 11.2 Å². The maximum atomic E-state index is 12.1. The van der Waals surface area contributed by atoms with E-state index in [-0.39, 0.29) is 5.02 Å². The molecule has 0 aliphatic carbocycles. The lowest BCUT2D eigenvalue weighted by molar-refractivity contribution is 0.621. The van der Waals surface area contributed by atoms with Gasteiger partial charge in [-0.1, -0.05) is 11.6 Å². The highest BCUT2D eigenvalue weighted by atomic mass is 35.5. The van der Waals surface area contributed by atoms with Crippen molar-refractivity contribution >= 4 is 11.6 Å². The van der Waals surface area contributed by atoms with E-state index in [1.807, 2.05) is 0 Å².